The number of morpholine rings is 1. The average Bonchev–Trinajstić information content (AvgIpc) is 3.61. The van der Waals surface area contributed by atoms with Crippen molar-refractivity contribution in [3.63, 3.8) is 0 Å². The van der Waals surface area contributed by atoms with Gasteiger partial charge in [0.05, 0.1) is 49.9 Å². The zero-order chi connectivity index (χ0) is 30.8. The summed E-state index contributed by atoms with van der Waals surface area (Å²) in [5, 5.41) is 16.6. The van der Waals surface area contributed by atoms with E-state index in [0.717, 1.165) is 13.1 Å². The highest BCUT2D eigenvalue weighted by atomic mass is 16.5. The van der Waals surface area contributed by atoms with Gasteiger partial charge in [0.15, 0.2) is 0 Å². The summed E-state index contributed by atoms with van der Waals surface area (Å²) in [5.74, 6) is -1.55. The maximum Gasteiger partial charge on any atom is 0.245 e. The summed E-state index contributed by atoms with van der Waals surface area (Å²) in [4.78, 5) is 46.4. The van der Waals surface area contributed by atoms with E-state index in [9.17, 15) is 19.5 Å². The van der Waals surface area contributed by atoms with Crippen molar-refractivity contribution in [3.8, 4) is 5.75 Å². The van der Waals surface area contributed by atoms with Gasteiger partial charge in [0.1, 0.15) is 17.4 Å². The third kappa shape index (κ3) is 5.89. The van der Waals surface area contributed by atoms with Gasteiger partial charge in [-0.15, -0.1) is 0 Å². The lowest BCUT2D eigenvalue weighted by molar-refractivity contribution is -0.150. The molecule has 4 heterocycles. The van der Waals surface area contributed by atoms with E-state index in [1.54, 1.807) is 29.2 Å². The Bertz CT molecular complexity index is 1160. The number of likely N-dealkylation sites (tertiary alicyclic amines) is 1. The number of nitrogens with one attached hydrogen (secondary N) is 2. The van der Waals surface area contributed by atoms with E-state index >= 15 is 0 Å². The molecule has 1 spiro atoms. The van der Waals surface area contributed by atoms with Crippen LogP contribution in [0.4, 0.5) is 5.69 Å². The van der Waals surface area contributed by atoms with Gasteiger partial charge >= 0.3 is 0 Å². The van der Waals surface area contributed by atoms with Crippen molar-refractivity contribution in [2.45, 2.75) is 76.7 Å². The fraction of sp³-hybridized carbons (Fsp3) is 0.719. The molecule has 5 rings (SSSR count). The number of aliphatic hydroxyl groups is 1. The quantitative estimate of drug-likeness (QED) is 0.314. The first-order valence-corrected chi connectivity index (χ1v) is 15.9. The van der Waals surface area contributed by atoms with E-state index in [1.165, 1.54) is 0 Å². The first-order valence-electron chi connectivity index (χ1n) is 15.9. The van der Waals surface area contributed by atoms with Gasteiger partial charge in [-0.3, -0.25) is 19.3 Å². The fourth-order valence-corrected chi connectivity index (χ4v) is 7.85. The molecule has 11 nitrogen and oxygen atoms in total. The lowest BCUT2D eigenvalue weighted by Gasteiger charge is -2.38. The smallest absolute Gasteiger partial charge is 0.245 e. The van der Waals surface area contributed by atoms with E-state index in [2.05, 4.69) is 15.5 Å². The van der Waals surface area contributed by atoms with Crippen LogP contribution in [0.3, 0.4) is 0 Å². The zero-order valence-corrected chi connectivity index (χ0v) is 26.0. The molecule has 0 radical (unpaired) electrons. The van der Waals surface area contributed by atoms with Gasteiger partial charge in [0, 0.05) is 31.9 Å². The lowest BCUT2D eigenvalue weighted by Crippen LogP contribution is -2.58. The van der Waals surface area contributed by atoms with Crippen LogP contribution in [0.15, 0.2) is 24.3 Å². The SMILES string of the molecule is CCOc1ccc(NC(=O)[C@H]2[C@H]3C(=O)N([C@@H](CO)CC(C)C)C(C(=O)NCCN4CCOCC4)C34CC[C@]2(CC)O4)cc1. The van der Waals surface area contributed by atoms with Crippen LogP contribution in [-0.2, 0) is 23.9 Å². The number of aliphatic hydroxyl groups excluding tert-OH is 1. The Balaban J connectivity index is 1.43. The maximum absolute atomic E-state index is 14.5. The van der Waals surface area contributed by atoms with Gasteiger partial charge in [0.25, 0.3) is 0 Å². The van der Waals surface area contributed by atoms with Crippen LogP contribution in [-0.4, -0.2) is 109 Å². The van der Waals surface area contributed by atoms with Crippen LogP contribution >= 0.6 is 0 Å². The number of hydrogen-bond acceptors (Lipinski definition) is 8. The molecule has 0 aliphatic carbocycles. The highest BCUT2D eigenvalue weighted by molar-refractivity contribution is 6.02. The Kier molecular flexibility index (Phi) is 9.65. The van der Waals surface area contributed by atoms with Gasteiger partial charge < -0.3 is 34.9 Å². The minimum atomic E-state index is -1.14. The standard InChI is InChI=1S/C32H48N4O7/c1-5-31-11-12-32(43-31)26(25(31)28(38)34-22-7-9-24(10-8-22)42-6-2)30(40)36(23(20-37)19-21(3)4)27(32)29(39)33-13-14-35-15-17-41-18-16-35/h7-10,21,23,25-27,37H,5-6,11-20H2,1-4H3,(H,33,39)(H,34,38)/t23-,25-,26+,27?,31+,32?/m1/s1. The van der Waals surface area contributed by atoms with E-state index < -0.39 is 35.1 Å². The number of hydrogen-bond donors (Lipinski definition) is 3. The number of benzene rings is 1. The Hall–Kier alpha value is -2.73. The predicted molar refractivity (Wildman–Crippen MR) is 161 cm³/mol. The number of amides is 3. The lowest BCUT2D eigenvalue weighted by atomic mass is 9.65. The molecule has 4 aliphatic heterocycles. The third-order valence-electron chi connectivity index (χ3n) is 9.76. The minimum Gasteiger partial charge on any atom is -0.494 e. The van der Waals surface area contributed by atoms with Crippen molar-refractivity contribution in [1.82, 2.24) is 15.1 Å². The van der Waals surface area contributed by atoms with Crippen LogP contribution in [0.2, 0.25) is 0 Å². The Morgan fingerprint density at radius 3 is 2.47 bits per heavy atom. The molecule has 238 valence electrons. The van der Waals surface area contributed by atoms with Crippen molar-refractivity contribution in [2.24, 2.45) is 17.8 Å². The second-order valence-corrected chi connectivity index (χ2v) is 12.7. The molecule has 4 fully saturated rings. The summed E-state index contributed by atoms with van der Waals surface area (Å²) in [6.45, 7) is 12.3. The molecule has 2 bridgehead atoms. The van der Waals surface area contributed by atoms with Crippen LogP contribution in [0.1, 0.15) is 53.4 Å². The molecule has 4 aliphatic rings. The molecule has 1 aromatic rings. The molecule has 4 saturated heterocycles. The summed E-state index contributed by atoms with van der Waals surface area (Å²) in [6, 6.07) is 5.67. The van der Waals surface area contributed by atoms with Gasteiger partial charge in [0.2, 0.25) is 17.7 Å². The van der Waals surface area contributed by atoms with Gasteiger partial charge in [-0.1, -0.05) is 20.8 Å². The molecule has 0 saturated carbocycles. The second kappa shape index (κ2) is 13.1. The average molecular weight is 601 g/mol. The first kappa shape index (κ1) is 31.7. The number of nitrogens with zero attached hydrogens (tertiary/aromatic N) is 2. The molecule has 3 N–H and O–H groups in total. The molecule has 3 amide bonds. The Labute approximate surface area is 254 Å². The third-order valence-corrected chi connectivity index (χ3v) is 9.76. The normalized spacial score (nSPS) is 30.9. The van der Waals surface area contributed by atoms with Crippen molar-refractivity contribution in [3.05, 3.63) is 24.3 Å². The maximum atomic E-state index is 14.5. The summed E-state index contributed by atoms with van der Waals surface area (Å²) in [7, 11) is 0. The zero-order valence-electron chi connectivity index (χ0n) is 26.0. The van der Waals surface area contributed by atoms with Crippen LogP contribution in [0, 0.1) is 17.8 Å². The molecule has 11 heteroatoms. The van der Waals surface area contributed by atoms with E-state index in [-0.39, 0.29) is 30.2 Å². The molecule has 6 atom stereocenters. The van der Waals surface area contributed by atoms with Crippen molar-refractivity contribution >= 4 is 23.4 Å². The monoisotopic (exact) mass is 600 g/mol. The molecule has 1 aromatic carbocycles. The molecular formula is C32H48N4O7. The summed E-state index contributed by atoms with van der Waals surface area (Å²) >= 11 is 0. The van der Waals surface area contributed by atoms with Gasteiger partial charge in [-0.25, -0.2) is 0 Å². The number of fused-ring (bicyclic) bond motifs is 1. The molecule has 2 unspecified atom stereocenters. The summed E-state index contributed by atoms with van der Waals surface area (Å²) in [5.41, 5.74) is -1.38. The Morgan fingerprint density at radius 2 is 1.84 bits per heavy atom. The van der Waals surface area contributed by atoms with E-state index in [0.29, 0.717) is 70.0 Å². The largest absolute Gasteiger partial charge is 0.494 e. The highest BCUT2D eigenvalue weighted by Crippen LogP contribution is 2.64. The van der Waals surface area contributed by atoms with Crippen molar-refractivity contribution < 1.29 is 33.7 Å². The van der Waals surface area contributed by atoms with Crippen LogP contribution in [0.25, 0.3) is 0 Å². The minimum absolute atomic E-state index is 0.186. The van der Waals surface area contributed by atoms with Crippen molar-refractivity contribution in [1.29, 1.82) is 0 Å². The molecule has 43 heavy (non-hydrogen) atoms. The van der Waals surface area contributed by atoms with Gasteiger partial charge in [-0.05, 0) is 62.8 Å². The van der Waals surface area contributed by atoms with Crippen LogP contribution in [0.5, 0.6) is 5.75 Å². The number of ether oxygens (including phenoxy) is 3. The number of carbonyl (C=O) groups is 3. The topological polar surface area (TPSA) is 130 Å². The van der Waals surface area contributed by atoms with Crippen molar-refractivity contribution in [2.75, 3.05) is 57.9 Å². The van der Waals surface area contributed by atoms with Gasteiger partial charge in [-0.2, -0.15) is 0 Å². The number of anilines is 1. The van der Waals surface area contributed by atoms with E-state index in [4.69, 9.17) is 14.2 Å². The first-order chi connectivity index (χ1) is 20.7. The Morgan fingerprint density at radius 1 is 1.12 bits per heavy atom. The second-order valence-electron chi connectivity index (χ2n) is 12.7. The summed E-state index contributed by atoms with van der Waals surface area (Å²) < 4.78 is 17.8. The highest BCUT2D eigenvalue weighted by Gasteiger charge is 2.79. The van der Waals surface area contributed by atoms with Crippen LogP contribution < -0.4 is 15.4 Å². The molecule has 0 aromatic heterocycles. The summed E-state index contributed by atoms with van der Waals surface area (Å²) in [6.07, 6.45) is 2.15. The predicted octanol–water partition coefficient (Wildman–Crippen LogP) is 2.03. The molecular weight excluding hydrogens is 552 g/mol. The fourth-order valence-electron chi connectivity index (χ4n) is 7.85. The van der Waals surface area contributed by atoms with E-state index in [1.807, 2.05) is 27.7 Å². The number of carbonyl (C=O) groups excluding carboxylic acids is 3. The number of rotatable bonds is 13.